The molecule has 0 saturated heterocycles. The maximum atomic E-state index is 11.1. The number of aryl methyl sites for hydroxylation is 3. The molecule has 3 nitrogen and oxygen atoms in total. The van der Waals surface area contributed by atoms with Gasteiger partial charge < -0.3 is 4.42 Å². The zero-order valence-electron chi connectivity index (χ0n) is 8.42. The van der Waals surface area contributed by atoms with Crippen LogP contribution in [-0.2, 0) is 0 Å². The van der Waals surface area contributed by atoms with Gasteiger partial charge in [0.1, 0.15) is 5.52 Å². The van der Waals surface area contributed by atoms with Gasteiger partial charge in [0.25, 0.3) is 0 Å². The molecule has 0 saturated carbocycles. The van der Waals surface area contributed by atoms with Crippen LogP contribution >= 0.6 is 0 Å². The van der Waals surface area contributed by atoms with Crippen molar-refractivity contribution in [1.82, 2.24) is 4.98 Å². The van der Waals surface area contributed by atoms with Gasteiger partial charge >= 0.3 is 5.63 Å². The number of nitrogens with zero attached hydrogens (tertiary/aromatic N) is 1. The van der Waals surface area contributed by atoms with Crippen molar-refractivity contribution in [3.63, 3.8) is 0 Å². The lowest BCUT2D eigenvalue weighted by Gasteiger charge is -2.03. The molecule has 2 aromatic rings. The third kappa shape index (κ3) is 1.31. The summed E-state index contributed by atoms with van der Waals surface area (Å²) in [6.07, 6.45) is 0. The molecule has 0 aromatic carbocycles. The van der Waals surface area contributed by atoms with Gasteiger partial charge in [-0.1, -0.05) is 0 Å². The minimum Gasteiger partial charge on any atom is -0.421 e. The van der Waals surface area contributed by atoms with E-state index in [1.165, 1.54) is 6.07 Å². The molecule has 0 spiro atoms. The van der Waals surface area contributed by atoms with E-state index in [4.69, 9.17) is 4.42 Å². The van der Waals surface area contributed by atoms with Gasteiger partial charge in [0.15, 0.2) is 5.58 Å². The first-order chi connectivity index (χ1) is 6.58. The van der Waals surface area contributed by atoms with Gasteiger partial charge in [-0.2, -0.15) is 0 Å². The van der Waals surface area contributed by atoms with Crippen LogP contribution < -0.4 is 5.63 Å². The molecule has 0 N–H and O–H groups in total. The molecule has 0 atom stereocenters. The zero-order valence-corrected chi connectivity index (χ0v) is 8.42. The monoisotopic (exact) mass is 189 g/mol. The van der Waals surface area contributed by atoms with Crippen molar-refractivity contribution in [3.8, 4) is 0 Å². The Morgan fingerprint density at radius 1 is 1.14 bits per heavy atom. The summed E-state index contributed by atoms with van der Waals surface area (Å²) in [4.78, 5) is 15.5. The highest BCUT2D eigenvalue weighted by Crippen LogP contribution is 2.18. The second kappa shape index (κ2) is 2.94. The van der Waals surface area contributed by atoms with E-state index in [0.717, 1.165) is 22.3 Å². The van der Waals surface area contributed by atoms with E-state index in [1.807, 2.05) is 26.8 Å². The fourth-order valence-corrected chi connectivity index (χ4v) is 1.60. The van der Waals surface area contributed by atoms with E-state index in [2.05, 4.69) is 4.98 Å². The van der Waals surface area contributed by atoms with Crippen molar-refractivity contribution in [1.29, 1.82) is 0 Å². The Kier molecular flexibility index (Phi) is 1.88. The van der Waals surface area contributed by atoms with Crippen LogP contribution in [0, 0.1) is 20.8 Å². The summed E-state index contributed by atoms with van der Waals surface area (Å²) in [6, 6.07) is 3.37. The summed E-state index contributed by atoms with van der Waals surface area (Å²) < 4.78 is 5.11. The number of pyridine rings is 1. The molecule has 14 heavy (non-hydrogen) atoms. The molecular weight excluding hydrogens is 178 g/mol. The third-order valence-electron chi connectivity index (χ3n) is 2.20. The summed E-state index contributed by atoms with van der Waals surface area (Å²) >= 11 is 0. The van der Waals surface area contributed by atoms with Gasteiger partial charge in [0, 0.05) is 11.8 Å². The number of fused-ring (bicyclic) bond motifs is 1. The number of rotatable bonds is 0. The van der Waals surface area contributed by atoms with Crippen LogP contribution in [0.3, 0.4) is 0 Å². The average Bonchev–Trinajstić information content (AvgIpc) is 2.07. The van der Waals surface area contributed by atoms with Crippen molar-refractivity contribution in [2.24, 2.45) is 0 Å². The van der Waals surface area contributed by atoms with Crippen LogP contribution in [0.4, 0.5) is 0 Å². The molecule has 3 heteroatoms. The number of hydrogen-bond acceptors (Lipinski definition) is 3. The molecule has 0 bridgehead atoms. The Morgan fingerprint density at radius 3 is 2.57 bits per heavy atom. The first-order valence-corrected chi connectivity index (χ1v) is 4.46. The normalized spacial score (nSPS) is 10.8. The molecule has 0 aliphatic heterocycles. The lowest BCUT2D eigenvalue weighted by atomic mass is 10.1. The smallest absolute Gasteiger partial charge is 0.336 e. The molecule has 2 aromatic heterocycles. The fraction of sp³-hybridized carbons (Fsp3) is 0.273. The van der Waals surface area contributed by atoms with E-state index >= 15 is 0 Å². The summed E-state index contributed by atoms with van der Waals surface area (Å²) in [5.74, 6) is 0. The fourth-order valence-electron chi connectivity index (χ4n) is 1.60. The van der Waals surface area contributed by atoms with Crippen LogP contribution in [-0.4, -0.2) is 4.98 Å². The predicted molar refractivity (Wildman–Crippen MR) is 54.5 cm³/mol. The van der Waals surface area contributed by atoms with Crippen LogP contribution in [0.2, 0.25) is 0 Å². The van der Waals surface area contributed by atoms with E-state index in [9.17, 15) is 4.79 Å². The Hall–Kier alpha value is -1.64. The lowest BCUT2D eigenvalue weighted by Crippen LogP contribution is -2.00. The largest absolute Gasteiger partial charge is 0.421 e. The number of hydrogen-bond donors (Lipinski definition) is 0. The van der Waals surface area contributed by atoms with Gasteiger partial charge in [-0.15, -0.1) is 0 Å². The molecule has 2 heterocycles. The standard InChI is InChI=1S/C11H11NO2/c1-6-5-9(13)14-11-7(2)4-8(3)12-10(6)11/h4-5H,1-3H3. The molecule has 72 valence electrons. The van der Waals surface area contributed by atoms with Crippen LogP contribution in [0.25, 0.3) is 11.1 Å². The highest BCUT2D eigenvalue weighted by atomic mass is 16.4. The molecule has 0 aliphatic rings. The lowest BCUT2D eigenvalue weighted by molar-refractivity contribution is 0.556. The molecule has 0 fully saturated rings. The average molecular weight is 189 g/mol. The van der Waals surface area contributed by atoms with Crippen LogP contribution in [0.1, 0.15) is 16.8 Å². The van der Waals surface area contributed by atoms with Crippen LogP contribution in [0.15, 0.2) is 21.3 Å². The second-order valence-electron chi connectivity index (χ2n) is 3.51. The molecular formula is C11H11NO2. The summed E-state index contributed by atoms with van der Waals surface area (Å²) in [7, 11) is 0. The van der Waals surface area contributed by atoms with Gasteiger partial charge in [-0.05, 0) is 38.0 Å². The molecule has 0 aliphatic carbocycles. The SMILES string of the molecule is Cc1cc(C)c2oc(=O)cc(C)c2n1. The second-order valence-corrected chi connectivity index (χ2v) is 3.51. The summed E-state index contributed by atoms with van der Waals surface area (Å²) in [5.41, 5.74) is 3.81. The minimum absolute atomic E-state index is 0.316. The summed E-state index contributed by atoms with van der Waals surface area (Å²) in [6.45, 7) is 5.71. The van der Waals surface area contributed by atoms with Gasteiger partial charge in [0.05, 0.1) is 0 Å². The first kappa shape index (κ1) is 8.94. The van der Waals surface area contributed by atoms with Crippen LogP contribution in [0.5, 0.6) is 0 Å². The van der Waals surface area contributed by atoms with E-state index in [0.29, 0.717) is 5.58 Å². The van der Waals surface area contributed by atoms with Crippen molar-refractivity contribution >= 4 is 11.1 Å². The van der Waals surface area contributed by atoms with E-state index in [1.54, 1.807) is 0 Å². The Balaban J connectivity index is 3.01. The maximum absolute atomic E-state index is 11.1. The predicted octanol–water partition coefficient (Wildman–Crippen LogP) is 2.11. The summed E-state index contributed by atoms with van der Waals surface area (Å²) in [5, 5.41) is 0. The van der Waals surface area contributed by atoms with Crippen molar-refractivity contribution < 1.29 is 4.42 Å². The first-order valence-electron chi connectivity index (χ1n) is 4.46. The number of aromatic nitrogens is 1. The minimum atomic E-state index is -0.316. The Bertz CT molecular complexity index is 555. The Morgan fingerprint density at radius 2 is 1.86 bits per heavy atom. The molecule has 0 unspecified atom stereocenters. The maximum Gasteiger partial charge on any atom is 0.336 e. The molecule has 0 amide bonds. The van der Waals surface area contributed by atoms with Gasteiger partial charge in [-0.3, -0.25) is 0 Å². The van der Waals surface area contributed by atoms with Gasteiger partial charge in [0.2, 0.25) is 0 Å². The highest BCUT2D eigenvalue weighted by Gasteiger charge is 2.06. The van der Waals surface area contributed by atoms with Gasteiger partial charge in [-0.25, -0.2) is 9.78 Å². The van der Waals surface area contributed by atoms with Crippen molar-refractivity contribution in [3.05, 3.63) is 39.4 Å². The zero-order chi connectivity index (χ0) is 10.3. The van der Waals surface area contributed by atoms with Crippen molar-refractivity contribution in [2.45, 2.75) is 20.8 Å². The Labute approximate surface area is 81.4 Å². The molecule has 0 radical (unpaired) electrons. The third-order valence-corrected chi connectivity index (χ3v) is 2.20. The topological polar surface area (TPSA) is 43.1 Å². The van der Waals surface area contributed by atoms with E-state index < -0.39 is 0 Å². The van der Waals surface area contributed by atoms with Crippen molar-refractivity contribution in [2.75, 3.05) is 0 Å². The quantitative estimate of drug-likeness (QED) is 0.637. The highest BCUT2D eigenvalue weighted by molar-refractivity contribution is 5.78. The van der Waals surface area contributed by atoms with E-state index in [-0.39, 0.29) is 5.63 Å². The molecule has 2 rings (SSSR count).